The Morgan fingerprint density at radius 3 is 2.70 bits per heavy atom. The first-order valence-electron chi connectivity index (χ1n) is 3.27. The Kier molecular flexibility index (Phi) is 1.90. The molecule has 54 valence electrons. The maximum atomic E-state index is 10.4. The van der Waals surface area contributed by atoms with Gasteiger partial charge in [-0.1, -0.05) is 18.2 Å². The molecule has 2 heteroatoms. The zero-order chi connectivity index (χ0) is 7.56. The van der Waals surface area contributed by atoms with E-state index >= 15 is 0 Å². The van der Waals surface area contributed by atoms with Crippen LogP contribution in [0.5, 0.6) is 0 Å². The van der Waals surface area contributed by atoms with Crippen LogP contribution in [0.25, 0.3) is 0 Å². The zero-order valence-corrected chi connectivity index (χ0v) is 5.66. The monoisotopic (exact) mass is 138 g/mol. The van der Waals surface area contributed by atoms with Crippen LogP contribution in [0.15, 0.2) is 24.8 Å². The first-order valence-corrected chi connectivity index (χ1v) is 3.27. The van der Waals surface area contributed by atoms with Crippen molar-refractivity contribution in [1.29, 1.82) is 0 Å². The van der Waals surface area contributed by atoms with Gasteiger partial charge in [0.1, 0.15) is 0 Å². The van der Waals surface area contributed by atoms with Gasteiger partial charge in [-0.3, -0.25) is 4.79 Å². The van der Waals surface area contributed by atoms with Crippen molar-refractivity contribution in [1.82, 2.24) is 0 Å². The van der Waals surface area contributed by atoms with E-state index in [0.717, 1.165) is 6.42 Å². The van der Waals surface area contributed by atoms with Crippen LogP contribution in [0.1, 0.15) is 6.42 Å². The molecule has 0 spiro atoms. The summed E-state index contributed by atoms with van der Waals surface area (Å²) in [4.78, 5) is 10.4. The van der Waals surface area contributed by atoms with E-state index < -0.39 is 5.97 Å². The lowest BCUT2D eigenvalue weighted by Crippen LogP contribution is -2.26. The smallest absolute Gasteiger partial charge is 0.310 e. The molecule has 0 aromatic heterocycles. The fourth-order valence-electron chi connectivity index (χ4n) is 1.06. The average molecular weight is 138 g/mol. The largest absolute Gasteiger partial charge is 0.481 e. The van der Waals surface area contributed by atoms with E-state index in [1.807, 2.05) is 6.08 Å². The van der Waals surface area contributed by atoms with Crippen LogP contribution in [-0.2, 0) is 4.79 Å². The molecule has 0 saturated heterocycles. The lowest BCUT2D eigenvalue weighted by atomic mass is 9.80. The van der Waals surface area contributed by atoms with Gasteiger partial charge in [0.2, 0.25) is 0 Å². The number of hydrogen-bond donors (Lipinski definition) is 1. The minimum absolute atomic E-state index is 0.190. The Labute approximate surface area is 59.9 Å². The van der Waals surface area contributed by atoms with Gasteiger partial charge in [-0.15, -0.1) is 6.58 Å². The summed E-state index contributed by atoms with van der Waals surface area (Å²) in [5, 5.41) is 8.54. The maximum absolute atomic E-state index is 10.4. The molecular formula is C8H10O2. The molecular weight excluding hydrogens is 128 g/mol. The Hall–Kier alpha value is -1.05. The molecule has 0 aromatic rings. The number of carboxylic acids is 1. The van der Waals surface area contributed by atoms with E-state index in [0.29, 0.717) is 0 Å². The summed E-state index contributed by atoms with van der Waals surface area (Å²) in [5.74, 6) is -0.803. The lowest BCUT2D eigenvalue weighted by molar-refractivity contribution is -0.141. The van der Waals surface area contributed by atoms with Crippen molar-refractivity contribution >= 4 is 5.97 Å². The predicted octanol–water partition coefficient (Wildman–Crippen LogP) is 1.45. The number of rotatable bonds is 3. The summed E-state index contributed by atoms with van der Waals surface area (Å²) >= 11 is 0. The van der Waals surface area contributed by atoms with Crippen molar-refractivity contribution in [3.8, 4) is 0 Å². The summed E-state index contributed by atoms with van der Waals surface area (Å²) in [6.45, 7) is 3.55. The quantitative estimate of drug-likeness (QED) is 0.599. The van der Waals surface area contributed by atoms with Gasteiger partial charge in [0.15, 0.2) is 0 Å². The molecule has 0 amide bonds. The number of hydrogen-bond acceptors (Lipinski definition) is 1. The third-order valence-corrected chi connectivity index (χ3v) is 1.75. The molecule has 2 atom stereocenters. The van der Waals surface area contributed by atoms with Gasteiger partial charge in [0.05, 0.1) is 5.92 Å². The number of carboxylic acid groups (broad SMARTS) is 1. The molecule has 0 aliphatic heterocycles. The zero-order valence-electron chi connectivity index (χ0n) is 5.66. The van der Waals surface area contributed by atoms with Gasteiger partial charge in [0.25, 0.3) is 0 Å². The molecule has 0 fully saturated rings. The van der Waals surface area contributed by atoms with E-state index in [2.05, 4.69) is 6.58 Å². The highest BCUT2D eigenvalue weighted by atomic mass is 16.4. The van der Waals surface area contributed by atoms with Crippen LogP contribution in [-0.4, -0.2) is 11.1 Å². The summed E-state index contributed by atoms with van der Waals surface area (Å²) in [5.41, 5.74) is 0. The maximum Gasteiger partial charge on any atom is 0.310 e. The van der Waals surface area contributed by atoms with Gasteiger partial charge in [-0.05, 0) is 12.3 Å². The minimum atomic E-state index is -0.727. The van der Waals surface area contributed by atoms with Crippen molar-refractivity contribution in [2.24, 2.45) is 11.8 Å². The fourth-order valence-corrected chi connectivity index (χ4v) is 1.06. The molecule has 2 nitrogen and oxygen atoms in total. The molecule has 10 heavy (non-hydrogen) atoms. The van der Waals surface area contributed by atoms with Crippen LogP contribution >= 0.6 is 0 Å². The summed E-state index contributed by atoms with van der Waals surface area (Å²) < 4.78 is 0. The van der Waals surface area contributed by atoms with Crippen LogP contribution < -0.4 is 0 Å². The van der Waals surface area contributed by atoms with Gasteiger partial charge in [-0.2, -0.15) is 0 Å². The first kappa shape index (κ1) is 7.06. The van der Waals surface area contributed by atoms with Crippen molar-refractivity contribution < 1.29 is 9.90 Å². The Balaban J connectivity index is 2.45. The van der Waals surface area contributed by atoms with Gasteiger partial charge in [0, 0.05) is 0 Å². The second-order valence-corrected chi connectivity index (χ2v) is 2.44. The highest BCUT2D eigenvalue weighted by Crippen LogP contribution is 2.28. The van der Waals surface area contributed by atoms with E-state index in [1.165, 1.54) is 0 Å². The van der Waals surface area contributed by atoms with Crippen molar-refractivity contribution in [3.05, 3.63) is 24.8 Å². The lowest BCUT2D eigenvalue weighted by Gasteiger charge is -2.24. The molecule has 1 N–H and O–H groups in total. The van der Waals surface area contributed by atoms with Gasteiger partial charge in [-0.25, -0.2) is 0 Å². The molecule has 0 saturated carbocycles. The standard InChI is InChI=1S/C8H10O2/c1-2-3-6-4-5-7(6)8(9)10/h2,4-7H,1,3H2,(H,9,10). The third kappa shape index (κ3) is 1.10. The number of allylic oxidation sites excluding steroid dienone is 2. The molecule has 0 bridgehead atoms. The fraction of sp³-hybridized carbons (Fsp3) is 0.375. The Morgan fingerprint density at radius 1 is 1.70 bits per heavy atom. The van der Waals surface area contributed by atoms with E-state index in [9.17, 15) is 4.79 Å². The minimum Gasteiger partial charge on any atom is -0.481 e. The molecule has 0 heterocycles. The summed E-state index contributed by atoms with van der Waals surface area (Å²) in [6.07, 6.45) is 6.16. The van der Waals surface area contributed by atoms with E-state index in [1.54, 1.807) is 12.2 Å². The van der Waals surface area contributed by atoms with E-state index in [4.69, 9.17) is 5.11 Å². The molecule has 1 rings (SSSR count). The second-order valence-electron chi connectivity index (χ2n) is 2.44. The molecule has 1 aliphatic rings. The number of carbonyl (C=O) groups is 1. The van der Waals surface area contributed by atoms with Gasteiger partial charge >= 0.3 is 5.97 Å². The van der Waals surface area contributed by atoms with Crippen LogP contribution in [0, 0.1) is 11.8 Å². The number of aliphatic carboxylic acids is 1. The summed E-state index contributed by atoms with van der Waals surface area (Å²) in [6, 6.07) is 0. The predicted molar refractivity (Wildman–Crippen MR) is 38.6 cm³/mol. The highest BCUT2D eigenvalue weighted by Gasteiger charge is 2.28. The van der Waals surface area contributed by atoms with Crippen molar-refractivity contribution in [3.63, 3.8) is 0 Å². The second kappa shape index (κ2) is 2.69. The SMILES string of the molecule is C=CCC1C=CC1C(=O)O. The molecule has 2 unspecified atom stereocenters. The topological polar surface area (TPSA) is 37.3 Å². The van der Waals surface area contributed by atoms with Crippen LogP contribution in [0.2, 0.25) is 0 Å². The van der Waals surface area contributed by atoms with Crippen LogP contribution in [0.4, 0.5) is 0 Å². The van der Waals surface area contributed by atoms with Gasteiger partial charge < -0.3 is 5.11 Å². The molecule has 0 aromatic carbocycles. The third-order valence-electron chi connectivity index (χ3n) is 1.75. The average Bonchev–Trinajstić information content (AvgIpc) is 1.78. The highest BCUT2D eigenvalue weighted by molar-refractivity contribution is 5.74. The molecule has 1 aliphatic carbocycles. The Morgan fingerprint density at radius 2 is 2.40 bits per heavy atom. The Bertz CT molecular complexity index is 182. The van der Waals surface area contributed by atoms with E-state index in [-0.39, 0.29) is 11.8 Å². The first-order chi connectivity index (χ1) is 4.75. The van der Waals surface area contributed by atoms with Crippen molar-refractivity contribution in [2.75, 3.05) is 0 Å². The van der Waals surface area contributed by atoms with Crippen LogP contribution in [0.3, 0.4) is 0 Å². The summed E-state index contributed by atoms with van der Waals surface area (Å²) in [7, 11) is 0. The molecule has 0 radical (unpaired) electrons. The van der Waals surface area contributed by atoms with Crippen molar-refractivity contribution in [2.45, 2.75) is 6.42 Å². The normalized spacial score (nSPS) is 29.2.